The fourth-order valence-electron chi connectivity index (χ4n) is 3.46. The Balaban J connectivity index is 1.41. The zero-order valence-corrected chi connectivity index (χ0v) is 17.4. The van der Waals surface area contributed by atoms with Crippen LogP contribution in [0.2, 0.25) is 0 Å². The van der Waals surface area contributed by atoms with Crippen LogP contribution >= 0.6 is 11.3 Å². The van der Waals surface area contributed by atoms with Gasteiger partial charge in [-0.25, -0.2) is 4.79 Å². The van der Waals surface area contributed by atoms with Crippen molar-refractivity contribution in [2.75, 3.05) is 11.9 Å². The predicted octanol–water partition coefficient (Wildman–Crippen LogP) is 3.92. The zero-order chi connectivity index (χ0) is 21.8. The number of esters is 1. The number of primary amides is 1. The van der Waals surface area contributed by atoms with Crippen LogP contribution < -0.4 is 15.8 Å². The monoisotopic (exact) mass is 436 g/mol. The molecular weight excluding hydrogens is 416 g/mol. The molecule has 0 saturated heterocycles. The number of carbonyl (C=O) groups is 3. The molecule has 4 rings (SSSR count). The van der Waals surface area contributed by atoms with Gasteiger partial charge in [0.2, 0.25) is 0 Å². The first-order valence-corrected chi connectivity index (χ1v) is 10.6. The lowest BCUT2D eigenvalue weighted by Crippen LogP contribution is -2.23. The minimum Gasteiger partial charge on any atom is -0.456 e. The van der Waals surface area contributed by atoms with E-state index in [9.17, 15) is 14.4 Å². The number of thiophene rings is 1. The molecule has 3 aromatic rings. The van der Waals surface area contributed by atoms with E-state index in [4.69, 9.17) is 15.2 Å². The highest BCUT2D eigenvalue weighted by Gasteiger charge is 2.26. The Morgan fingerprint density at radius 1 is 1.00 bits per heavy atom. The second kappa shape index (κ2) is 9.01. The molecule has 1 heterocycles. The molecule has 0 fully saturated rings. The van der Waals surface area contributed by atoms with Crippen LogP contribution in [0, 0.1) is 0 Å². The topological polar surface area (TPSA) is 108 Å². The quantitative estimate of drug-likeness (QED) is 0.546. The summed E-state index contributed by atoms with van der Waals surface area (Å²) in [5.41, 5.74) is 6.98. The van der Waals surface area contributed by atoms with E-state index in [0.29, 0.717) is 22.1 Å². The van der Waals surface area contributed by atoms with Crippen molar-refractivity contribution in [3.05, 3.63) is 76.2 Å². The Labute approximate surface area is 182 Å². The summed E-state index contributed by atoms with van der Waals surface area (Å²) in [4.78, 5) is 37.8. The molecule has 8 heteroatoms. The maximum Gasteiger partial charge on any atom is 0.342 e. The summed E-state index contributed by atoms with van der Waals surface area (Å²) in [6.07, 6.45) is 2.61. The molecule has 0 radical (unpaired) electrons. The molecular formula is C23H20N2O5S. The van der Waals surface area contributed by atoms with E-state index in [2.05, 4.69) is 5.32 Å². The number of amides is 2. The Kier molecular flexibility index (Phi) is 5.99. The fraction of sp³-hybridized carbons (Fsp3) is 0.174. The summed E-state index contributed by atoms with van der Waals surface area (Å²) < 4.78 is 10.9. The van der Waals surface area contributed by atoms with Crippen molar-refractivity contribution in [2.24, 2.45) is 5.73 Å². The highest BCUT2D eigenvalue weighted by molar-refractivity contribution is 7.17. The smallest absolute Gasteiger partial charge is 0.342 e. The summed E-state index contributed by atoms with van der Waals surface area (Å²) in [5, 5.41) is 3.06. The van der Waals surface area contributed by atoms with E-state index in [1.54, 1.807) is 36.4 Å². The van der Waals surface area contributed by atoms with Gasteiger partial charge in [-0.3, -0.25) is 9.59 Å². The summed E-state index contributed by atoms with van der Waals surface area (Å²) >= 11 is 1.35. The van der Waals surface area contributed by atoms with Gasteiger partial charge in [0.15, 0.2) is 6.61 Å². The normalized spacial score (nSPS) is 12.1. The number of hydrogen-bond donors (Lipinski definition) is 2. The molecule has 0 atom stereocenters. The third-order valence-corrected chi connectivity index (χ3v) is 6.04. The number of nitrogens with two attached hydrogens (primary N) is 1. The molecule has 31 heavy (non-hydrogen) atoms. The summed E-state index contributed by atoms with van der Waals surface area (Å²) in [7, 11) is 0. The van der Waals surface area contributed by atoms with E-state index < -0.39 is 24.4 Å². The lowest BCUT2D eigenvalue weighted by Gasteiger charge is -2.11. The van der Waals surface area contributed by atoms with Crippen LogP contribution in [0.3, 0.4) is 0 Å². The van der Waals surface area contributed by atoms with Crippen LogP contribution in [-0.4, -0.2) is 24.4 Å². The average molecular weight is 436 g/mol. The highest BCUT2D eigenvalue weighted by Crippen LogP contribution is 2.38. The van der Waals surface area contributed by atoms with Gasteiger partial charge in [-0.1, -0.05) is 30.3 Å². The molecule has 158 valence electrons. The van der Waals surface area contributed by atoms with Crippen molar-refractivity contribution in [2.45, 2.75) is 19.3 Å². The molecule has 3 N–H and O–H groups in total. The van der Waals surface area contributed by atoms with Gasteiger partial charge in [-0.05, 0) is 49.1 Å². The van der Waals surface area contributed by atoms with Gasteiger partial charge < -0.3 is 20.5 Å². The molecule has 0 bridgehead atoms. The van der Waals surface area contributed by atoms with Gasteiger partial charge in [0.1, 0.15) is 22.1 Å². The Morgan fingerprint density at radius 2 is 1.74 bits per heavy atom. The van der Waals surface area contributed by atoms with Gasteiger partial charge >= 0.3 is 5.97 Å². The van der Waals surface area contributed by atoms with E-state index in [1.807, 2.05) is 18.2 Å². The minimum atomic E-state index is -0.689. The van der Waals surface area contributed by atoms with Crippen LogP contribution in [0.5, 0.6) is 11.5 Å². The third-order valence-electron chi connectivity index (χ3n) is 4.83. The molecule has 0 unspecified atom stereocenters. The highest BCUT2D eigenvalue weighted by atomic mass is 32.1. The number of benzene rings is 2. The van der Waals surface area contributed by atoms with Gasteiger partial charge in [0.05, 0.1) is 5.56 Å². The summed E-state index contributed by atoms with van der Waals surface area (Å²) in [6.45, 7) is -0.501. The van der Waals surface area contributed by atoms with E-state index >= 15 is 0 Å². The number of aryl methyl sites for hydroxylation is 1. The molecule has 1 aromatic heterocycles. The van der Waals surface area contributed by atoms with Crippen molar-refractivity contribution in [1.82, 2.24) is 0 Å². The maximum atomic E-state index is 12.5. The SMILES string of the molecule is NC(=O)c1c(NC(=O)COC(=O)c2ccccc2Oc2ccccc2)sc2c1CCC2. The fourth-order valence-corrected chi connectivity index (χ4v) is 4.78. The van der Waals surface area contributed by atoms with Crippen molar-refractivity contribution in [3.8, 4) is 11.5 Å². The van der Waals surface area contributed by atoms with Gasteiger partial charge in [0, 0.05) is 4.88 Å². The largest absolute Gasteiger partial charge is 0.456 e. The number of rotatable bonds is 7. The summed E-state index contributed by atoms with van der Waals surface area (Å²) in [6, 6.07) is 15.7. The Morgan fingerprint density at radius 3 is 2.52 bits per heavy atom. The number of hydrogen-bond acceptors (Lipinski definition) is 6. The second-order valence-electron chi connectivity index (χ2n) is 6.96. The first-order chi connectivity index (χ1) is 15.0. The van der Waals surface area contributed by atoms with Gasteiger partial charge in [-0.15, -0.1) is 11.3 Å². The number of anilines is 1. The lowest BCUT2D eigenvalue weighted by atomic mass is 10.1. The van der Waals surface area contributed by atoms with Crippen LogP contribution in [0.15, 0.2) is 54.6 Å². The molecule has 2 amide bonds. The molecule has 2 aromatic carbocycles. The molecule has 0 spiro atoms. The number of para-hydroxylation sites is 2. The predicted molar refractivity (Wildman–Crippen MR) is 117 cm³/mol. The van der Waals surface area contributed by atoms with E-state index in [0.717, 1.165) is 29.7 Å². The molecule has 0 saturated carbocycles. The van der Waals surface area contributed by atoms with E-state index in [1.165, 1.54) is 11.3 Å². The third kappa shape index (κ3) is 4.59. The van der Waals surface area contributed by atoms with Gasteiger partial charge in [0.25, 0.3) is 11.8 Å². The first-order valence-electron chi connectivity index (χ1n) is 9.76. The van der Waals surface area contributed by atoms with Crippen molar-refractivity contribution in [1.29, 1.82) is 0 Å². The maximum absolute atomic E-state index is 12.5. The number of carbonyl (C=O) groups excluding carboxylic acids is 3. The standard InChI is InChI=1S/C23H20N2O5S/c24-21(27)20-16-10-6-12-18(16)31-22(20)25-19(26)13-29-23(28)15-9-4-5-11-17(15)30-14-7-2-1-3-8-14/h1-5,7-9,11H,6,10,12-13H2,(H2,24,27)(H,25,26). The summed E-state index contributed by atoms with van der Waals surface area (Å²) in [5.74, 6) is -0.906. The number of ether oxygens (including phenoxy) is 2. The second-order valence-corrected chi connectivity index (χ2v) is 8.07. The van der Waals surface area contributed by atoms with Crippen molar-refractivity contribution >= 4 is 34.1 Å². The molecule has 0 aliphatic heterocycles. The Bertz CT molecular complexity index is 1140. The van der Waals surface area contributed by atoms with Crippen LogP contribution in [0.1, 0.15) is 37.6 Å². The lowest BCUT2D eigenvalue weighted by molar-refractivity contribution is -0.119. The zero-order valence-electron chi connectivity index (χ0n) is 16.6. The number of fused-ring (bicyclic) bond motifs is 1. The molecule has 1 aliphatic rings. The van der Waals surface area contributed by atoms with Crippen molar-refractivity contribution < 1.29 is 23.9 Å². The number of nitrogens with one attached hydrogen (secondary N) is 1. The first kappa shape index (κ1) is 20.6. The van der Waals surface area contributed by atoms with Crippen LogP contribution in [0.25, 0.3) is 0 Å². The molecule has 7 nitrogen and oxygen atoms in total. The van der Waals surface area contributed by atoms with Crippen molar-refractivity contribution in [3.63, 3.8) is 0 Å². The minimum absolute atomic E-state index is 0.201. The average Bonchev–Trinajstić information content (AvgIpc) is 3.33. The molecule has 1 aliphatic carbocycles. The van der Waals surface area contributed by atoms with Crippen LogP contribution in [-0.2, 0) is 22.4 Å². The van der Waals surface area contributed by atoms with Crippen LogP contribution in [0.4, 0.5) is 5.00 Å². The Hall–Kier alpha value is -3.65. The van der Waals surface area contributed by atoms with Gasteiger partial charge in [-0.2, -0.15) is 0 Å². The van der Waals surface area contributed by atoms with E-state index in [-0.39, 0.29) is 5.56 Å².